The van der Waals surface area contributed by atoms with E-state index in [0.717, 1.165) is 22.6 Å². The summed E-state index contributed by atoms with van der Waals surface area (Å²) in [6.45, 7) is 0. The van der Waals surface area contributed by atoms with Crippen molar-refractivity contribution in [1.82, 2.24) is 10.6 Å². The fourth-order valence-corrected chi connectivity index (χ4v) is 2.92. The lowest BCUT2D eigenvalue weighted by molar-refractivity contribution is 0.413. The summed E-state index contributed by atoms with van der Waals surface area (Å²) in [6.07, 6.45) is 0. The number of ether oxygens (including phenoxy) is 2. The average molecular weight is 314 g/mol. The van der Waals surface area contributed by atoms with Crippen LogP contribution in [0.25, 0.3) is 0 Å². The van der Waals surface area contributed by atoms with Crippen LogP contribution in [0.1, 0.15) is 23.2 Å². The molecule has 0 amide bonds. The van der Waals surface area contributed by atoms with E-state index in [2.05, 4.69) is 34.9 Å². The summed E-state index contributed by atoms with van der Waals surface area (Å²) >= 11 is 5.30. The molecule has 5 heteroatoms. The molecule has 0 aromatic heterocycles. The zero-order valence-electron chi connectivity index (χ0n) is 12.5. The molecule has 0 unspecified atom stereocenters. The second kappa shape index (κ2) is 6.23. The van der Waals surface area contributed by atoms with Crippen LogP contribution in [0.15, 0.2) is 48.5 Å². The number of hydrogen-bond donors (Lipinski definition) is 2. The fourth-order valence-electron chi connectivity index (χ4n) is 2.66. The van der Waals surface area contributed by atoms with Gasteiger partial charge >= 0.3 is 0 Å². The van der Waals surface area contributed by atoms with Crippen molar-refractivity contribution in [2.24, 2.45) is 0 Å². The smallest absolute Gasteiger partial charge is 0.167 e. The fraction of sp³-hybridized carbons (Fsp3) is 0.235. The van der Waals surface area contributed by atoms with Crippen molar-refractivity contribution in [1.29, 1.82) is 0 Å². The summed E-state index contributed by atoms with van der Waals surface area (Å²) in [4.78, 5) is 0. The first-order valence-corrected chi connectivity index (χ1v) is 7.47. The van der Waals surface area contributed by atoms with Crippen molar-refractivity contribution in [3.63, 3.8) is 0 Å². The minimum Gasteiger partial charge on any atom is -0.497 e. The molecule has 1 fully saturated rings. The Kier molecular flexibility index (Phi) is 4.15. The van der Waals surface area contributed by atoms with E-state index >= 15 is 0 Å². The molecule has 0 spiro atoms. The normalized spacial score (nSPS) is 20.2. The Balaban J connectivity index is 1.88. The van der Waals surface area contributed by atoms with Gasteiger partial charge in [0.25, 0.3) is 0 Å². The minimum atomic E-state index is 0.0896. The van der Waals surface area contributed by atoms with E-state index in [1.807, 2.05) is 24.3 Å². The zero-order chi connectivity index (χ0) is 15.5. The summed E-state index contributed by atoms with van der Waals surface area (Å²) in [5, 5.41) is 7.33. The lowest BCUT2D eigenvalue weighted by atomic mass is 9.95. The van der Waals surface area contributed by atoms with Gasteiger partial charge in [-0.05, 0) is 47.6 Å². The standard InChI is InChI=1S/C17H18N2O2S/c1-20-13-7-3-11(4-8-13)15-16(19-17(22)18-15)12-5-9-14(21-2)10-6-12/h3-10,15-16H,1-2H3,(H2,18,19,22)/t15-,16-/m1/s1. The highest BCUT2D eigenvalue weighted by Crippen LogP contribution is 2.33. The number of methoxy groups -OCH3 is 2. The molecule has 1 heterocycles. The summed E-state index contributed by atoms with van der Waals surface area (Å²) in [6, 6.07) is 16.3. The third-order valence-corrected chi connectivity index (χ3v) is 4.09. The number of rotatable bonds is 4. The van der Waals surface area contributed by atoms with Crippen molar-refractivity contribution in [2.75, 3.05) is 14.2 Å². The molecular formula is C17H18N2O2S. The summed E-state index contributed by atoms with van der Waals surface area (Å²) in [5.74, 6) is 1.69. The number of benzene rings is 2. The first kappa shape index (κ1) is 14.7. The van der Waals surface area contributed by atoms with Crippen molar-refractivity contribution in [2.45, 2.75) is 12.1 Å². The lowest BCUT2D eigenvalue weighted by Gasteiger charge is -2.20. The minimum absolute atomic E-state index is 0.0896. The van der Waals surface area contributed by atoms with Gasteiger partial charge in [-0.15, -0.1) is 0 Å². The maximum atomic E-state index is 5.30. The zero-order valence-corrected chi connectivity index (χ0v) is 13.3. The highest BCUT2D eigenvalue weighted by Gasteiger charge is 2.31. The second-order valence-corrected chi connectivity index (χ2v) is 5.53. The van der Waals surface area contributed by atoms with Crippen LogP contribution < -0.4 is 20.1 Å². The van der Waals surface area contributed by atoms with Gasteiger partial charge in [-0.2, -0.15) is 0 Å². The molecule has 0 aliphatic carbocycles. The molecule has 3 rings (SSSR count). The molecular weight excluding hydrogens is 296 g/mol. The van der Waals surface area contributed by atoms with Crippen LogP contribution in [0.2, 0.25) is 0 Å². The maximum Gasteiger partial charge on any atom is 0.167 e. The third kappa shape index (κ3) is 2.85. The van der Waals surface area contributed by atoms with Crippen LogP contribution in [-0.2, 0) is 0 Å². The van der Waals surface area contributed by atoms with E-state index in [1.165, 1.54) is 0 Å². The third-order valence-electron chi connectivity index (χ3n) is 3.86. The quantitative estimate of drug-likeness (QED) is 0.849. The monoisotopic (exact) mass is 314 g/mol. The highest BCUT2D eigenvalue weighted by atomic mass is 32.1. The molecule has 1 aliphatic heterocycles. The van der Waals surface area contributed by atoms with Crippen LogP contribution >= 0.6 is 12.2 Å². The molecule has 0 saturated carbocycles. The SMILES string of the molecule is COc1ccc([C@H]2NC(=S)N[C@@H]2c2ccc(OC)cc2)cc1. The molecule has 2 aromatic rings. The van der Waals surface area contributed by atoms with Crippen molar-refractivity contribution >= 4 is 17.3 Å². The van der Waals surface area contributed by atoms with Crippen LogP contribution in [0.5, 0.6) is 11.5 Å². The predicted molar refractivity (Wildman–Crippen MR) is 90.3 cm³/mol. The van der Waals surface area contributed by atoms with Crippen LogP contribution in [0.3, 0.4) is 0 Å². The van der Waals surface area contributed by atoms with Gasteiger partial charge in [0.05, 0.1) is 26.3 Å². The Labute approximate surface area is 135 Å². The molecule has 22 heavy (non-hydrogen) atoms. The van der Waals surface area contributed by atoms with E-state index in [4.69, 9.17) is 21.7 Å². The first-order chi connectivity index (χ1) is 10.7. The van der Waals surface area contributed by atoms with Gasteiger partial charge in [0, 0.05) is 0 Å². The van der Waals surface area contributed by atoms with Crippen LogP contribution in [0, 0.1) is 0 Å². The molecule has 1 saturated heterocycles. The van der Waals surface area contributed by atoms with Crippen molar-refractivity contribution in [3.05, 3.63) is 59.7 Å². The molecule has 1 aliphatic rings. The summed E-state index contributed by atoms with van der Waals surface area (Å²) < 4.78 is 10.4. The second-order valence-electron chi connectivity index (χ2n) is 5.12. The summed E-state index contributed by atoms with van der Waals surface area (Å²) in [7, 11) is 3.33. The Hall–Kier alpha value is -2.27. The van der Waals surface area contributed by atoms with Gasteiger partial charge in [-0.25, -0.2) is 0 Å². The average Bonchev–Trinajstić information content (AvgIpc) is 2.97. The van der Waals surface area contributed by atoms with E-state index in [1.54, 1.807) is 14.2 Å². The van der Waals surface area contributed by atoms with E-state index in [9.17, 15) is 0 Å². The highest BCUT2D eigenvalue weighted by molar-refractivity contribution is 7.80. The molecule has 4 nitrogen and oxygen atoms in total. The van der Waals surface area contributed by atoms with Gasteiger partial charge < -0.3 is 20.1 Å². The van der Waals surface area contributed by atoms with Gasteiger partial charge in [0.1, 0.15) is 11.5 Å². The van der Waals surface area contributed by atoms with Gasteiger partial charge in [-0.3, -0.25) is 0 Å². The summed E-state index contributed by atoms with van der Waals surface area (Å²) in [5.41, 5.74) is 2.32. The van der Waals surface area contributed by atoms with E-state index in [0.29, 0.717) is 5.11 Å². The Morgan fingerprint density at radius 1 is 0.727 bits per heavy atom. The molecule has 0 radical (unpaired) electrons. The van der Waals surface area contributed by atoms with Crippen LogP contribution in [-0.4, -0.2) is 19.3 Å². The van der Waals surface area contributed by atoms with E-state index < -0.39 is 0 Å². The Bertz CT molecular complexity index is 598. The molecule has 2 aromatic carbocycles. The number of thiocarbonyl (C=S) groups is 1. The maximum absolute atomic E-state index is 5.30. The predicted octanol–water partition coefficient (Wildman–Crippen LogP) is 2.96. The molecule has 0 bridgehead atoms. The topological polar surface area (TPSA) is 42.5 Å². The number of hydrogen-bond acceptors (Lipinski definition) is 3. The molecule has 2 N–H and O–H groups in total. The lowest BCUT2D eigenvalue weighted by Crippen LogP contribution is -2.21. The largest absolute Gasteiger partial charge is 0.497 e. The first-order valence-electron chi connectivity index (χ1n) is 7.06. The van der Waals surface area contributed by atoms with Gasteiger partial charge in [0.2, 0.25) is 0 Å². The van der Waals surface area contributed by atoms with Gasteiger partial charge in [0.15, 0.2) is 5.11 Å². The Morgan fingerprint density at radius 2 is 1.09 bits per heavy atom. The van der Waals surface area contributed by atoms with Gasteiger partial charge in [-0.1, -0.05) is 24.3 Å². The number of nitrogens with one attached hydrogen (secondary N) is 2. The van der Waals surface area contributed by atoms with E-state index in [-0.39, 0.29) is 12.1 Å². The molecule has 114 valence electrons. The Morgan fingerprint density at radius 3 is 1.41 bits per heavy atom. The van der Waals surface area contributed by atoms with Crippen LogP contribution in [0.4, 0.5) is 0 Å². The van der Waals surface area contributed by atoms with Crippen molar-refractivity contribution < 1.29 is 9.47 Å². The van der Waals surface area contributed by atoms with Crippen molar-refractivity contribution in [3.8, 4) is 11.5 Å². The molecule has 2 atom stereocenters.